The van der Waals surface area contributed by atoms with Crippen LogP contribution >= 0.6 is 0 Å². The van der Waals surface area contributed by atoms with E-state index in [0.29, 0.717) is 41.3 Å². The maximum Gasteiger partial charge on any atom is 0.345 e. The van der Waals surface area contributed by atoms with E-state index in [9.17, 15) is 15.0 Å². The van der Waals surface area contributed by atoms with Crippen LogP contribution < -0.4 is 9.47 Å². The van der Waals surface area contributed by atoms with Crippen molar-refractivity contribution in [1.29, 1.82) is 0 Å². The average Bonchev–Trinajstić information content (AvgIpc) is 2.95. The van der Waals surface area contributed by atoms with Gasteiger partial charge in [0.2, 0.25) is 0 Å². The van der Waals surface area contributed by atoms with E-state index in [0.717, 1.165) is 19.4 Å². The van der Waals surface area contributed by atoms with Crippen molar-refractivity contribution in [3.63, 3.8) is 0 Å². The predicted octanol–water partition coefficient (Wildman–Crippen LogP) is 4.99. The van der Waals surface area contributed by atoms with Gasteiger partial charge in [-0.05, 0) is 74.1 Å². The number of aliphatic hydroxyl groups excluding tert-OH is 1. The van der Waals surface area contributed by atoms with Gasteiger partial charge < -0.3 is 24.4 Å². The number of ether oxygens (including phenoxy) is 3. The van der Waals surface area contributed by atoms with Crippen LogP contribution in [-0.2, 0) is 9.53 Å². The molecule has 6 nitrogen and oxygen atoms in total. The molecule has 1 heterocycles. The molecule has 0 bridgehead atoms. The third-order valence-electron chi connectivity index (χ3n) is 7.58. The fraction of sp³-hybridized carbons (Fsp3) is 0.731. The van der Waals surface area contributed by atoms with E-state index in [2.05, 4.69) is 20.8 Å². The first-order valence-corrected chi connectivity index (χ1v) is 12.1. The molecule has 1 aromatic carbocycles. The Morgan fingerprint density at radius 1 is 0.969 bits per heavy atom. The smallest absolute Gasteiger partial charge is 0.345 e. The second-order valence-electron chi connectivity index (χ2n) is 10.2. The molecule has 32 heavy (non-hydrogen) atoms. The molecule has 2 aliphatic rings. The normalized spacial score (nSPS) is 31.2. The van der Waals surface area contributed by atoms with Gasteiger partial charge in [0.25, 0.3) is 0 Å². The van der Waals surface area contributed by atoms with Crippen molar-refractivity contribution >= 4 is 5.97 Å². The Morgan fingerprint density at radius 3 is 2.19 bits per heavy atom. The number of aliphatic carboxylic acids is 1. The Bertz CT molecular complexity index is 732. The van der Waals surface area contributed by atoms with E-state index >= 15 is 0 Å². The molecule has 2 N–H and O–H groups in total. The van der Waals surface area contributed by atoms with Gasteiger partial charge in [-0.2, -0.15) is 0 Å². The van der Waals surface area contributed by atoms with E-state index in [4.69, 9.17) is 14.2 Å². The fourth-order valence-electron chi connectivity index (χ4n) is 5.48. The highest BCUT2D eigenvalue weighted by atomic mass is 16.6. The highest BCUT2D eigenvalue weighted by Gasteiger charge is 2.43. The molecular formula is C26H40O6. The zero-order valence-corrected chi connectivity index (χ0v) is 20.1. The summed E-state index contributed by atoms with van der Waals surface area (Å²) < 4.78 is 17.6. The molecule has 1 aromatic rings. The summed E-state index contributed by atoms with van der Waals surface area (Å²) in [6, 6.07) is 6.80. The Hall–Kier alpha value is -1.79. The molecule has 1 saturated carbocycles. The van der Waals surface area contributed by atoms with Crippen molar-refractivity contribution in [2.75, 3.05) is 6.61 Å². The number of aliphatic hydroxyl groups is 1. The number of benzene rings is 1. The first-order valence-electron chi connectivity index (χ1n) is 12.1. The summed E-state index contributed by atoms with van der Waals surface area (Å²) in [4.78, 5) is 11.4. The van der Waals surface area contributed by atoms with Gasteiger partial charge in [0.05, 0.1) is 12.7 Å². The number of carboxylic acids is 1. The number of carboxylic acid groups (broad SMARTS) is 1. The first-order chi connectivity index (χ1) is 15.2. The number of rotatable bonds is 8. The summed E-state index contributed by atoms with van der Waals surface area (Å²) in [5.41, 5.74) is 0. The molecule has 0 radical (unpaired) electrons. The largest absolute Gasteiger partial charge is 0.478 e. The summed E-state index contributed by atoms with van der Waals surface area (Å²) in [5.74, 6) is 2.02. The predicted molar refractivity (Wildman–Crippen MR) is 123 cm³/mol. The minimum atomic E-state index is -0.985. The van der Waals surface area contributed by atoms with E-state index in [-0.39, 0.29) is 11.8 Å². The number of fused-ring (bicyclic) bond motifs is 1. The van der Waals surface area contributed by atoms with Crippen molar-refractivity contribution in [2.45, 2.75) is 78.8 Å². The Kier molecular flexibility index (Phi) is 8.45. The summed E-state index contributed by atoms with van der Waals surface area (Å²) in [5, 5.41) is 20.2. The summed E-state index contributed by atoms with van der Waals surface area (Å²) >= 11 is 0. The van der Waals surface area contributed by atoms with Crippen LogP contribution in [0.5, 0.6) is 11.5 Å². The lowest BCUT2D eigenvalue weighted by molar-refractivity contribution is -0.147. The number of carbonyl (C=O) groups is 1. The molecule has 6 heteroatoms. The van der Waals surface area contributed by atoms with Crippen LogP contribution in [-0.4, -0.2) is 41.3 Å². The third kappa shape index (κ3) is 5.96. The van der Waals surface area contributed by atoms with E-state index < -0.39 is 18.4 Å². The van der Waals surface area contributed by atoms with Gasteiger partial charge in [-0.25, -0.2) is 4.79 Å². The summed E-state index contributed by atoms with van der Waals surface area (Å²) in [7, 11) is 0. The minimum absolute atomic E-state index is 0.0136. The third-order valence-corrected chi connectivity index (χ3v) is 7.58. The van der Waals surface area contributed by atoms with Gasteiger partial charge in [0.1, 0.15) is 11.5 Å². The van der Waals surface area contributed by atoms with Gasteiger partial charge in [-0.15, -0.1) is 0 Å². The zero-order valence-electron chi connectivity index (χ0n) is 20.1. The summed E-state index contributed by atoms with van der Waals surface area (Å²) in [6.07, 6.45) is 3.07. The first kappa shape index (κ1) is 24.8. The van der Waals surface area contributed by atoms with Crippen LogP contribution in [0.2, 0.25) is 0 Å². The van der Waals surface area contributed by atoms with E-state index in [1.807, 2.05) is 13.8 Å². The minimum Gasteiger partial charge on any atom is -0.478 e. The van der Waals surface area contributed by atoms with Crippen molar-refractivity contribution in [3.8, 4) is 11.5 Å². The average molecular weight is 449 g/mol. The highest BCUT2D eigenvalue weighted by molar-refractivity contribution is 5.73. The molecule has 0 amide bonds. The van der Waals surface area contributed by atoms with E-state index in [1.165, 1.54) is 12.8 Å². The topological polar surface area (TPSA) is 85.2 Å². The van der Waals surface area contributed by atoms with E-state index in [1.54, 1.807) is 24.3 Å². The SMILES string of the molecule is CC1CC[C@@H]2C(CO1)[C@H]([C@@H](C)[C@H](O)Oc1ccc(O[C@H](C(=O)O)C(C)C)cc1)CC[C@H]2C. The van der Waals surface area contributed by atoms with Gasteiger partial charge in [0.15, 0.2) is 12.4 Å². The quantitative estimate of drug-likeness (QED) is 0.545. The molecule has 2 fully saturated rings. The van der Waals surface area contributed by atoms with Crippen LogP contribution in [0.25, 0.3) is 0 Å². The van der Waals surface area contributed by atoms with Crippen LogP contribution in [0.1, 0.15) is 60.3 Å². The maximum atomic E-state index is 11.4. The Balaban J connectivity index is 1.62. The van der Waals surface area contributed by atoms with Crippen molar-refractivity contribution in [1.82, 2.24) is 0 Å². The lowest BCUT2D eigenvalue weighted by Gasteiger charge is -2.44. The van der Waals surface area contributed by atoms with Crippen molar-refractivity contribution in [2.24, 2.45) is 35.5 Å². The number of hydrogen-bond acceptors (Lipinski definition) is 5. The van der Waals surface area contributed by atoms with Crippen LogP contribution in [0.4, 0.5) is 0 Å². The molecular weight excluding hydrogens is 408 g/mol. The van der Waals surface area contributed by atoms with Crippen LogP contribution in [0.15, 0.2) is 24.3 Å². The Labute approximate surface area is 192 Å². The maximum absolute atomic E-state index is 11.4. The van der Waals surface area contributed by atoms with Gasteiger partial charge in [-0.1, -0.05) is 34.1 Å². The standard InChI is InChI=1S/C26H40O6/c1-15(2)24(25(27)28)31-19-8-10-20(11-9-19)32-26(29)18(5)22-12-6-16(3)21-13-7-17(4)30-14-23(21)22/h8-11,15-18,21-24,26,29H,6-7,12-14H2,1-5H3,(H,27,28)/t16-,17?,18-,21+,22+,23?,24+,26-/m1/s1. The molecule has 3 rings (SSSR count). The monoisotopic (exact) mass is 448 g/mol. The molecule has 0 spiro atoms. The number of hydrogen-bond donors (Lipinski definition) is 2. The van der Waals surface area contributed by atoms with Gasteiger partial charge in [0, 0.05) is 11.8 Å². The molecule has 180 valence electrons. The molecule has 0 aromatic heterocycles. The zero-order chi connectivity index (χ0) is 23.4. The molecule has 1 aliphatic heterocycles. The second kappa shape index (κ2) is 10.9. The van der Waals surface area contributed by atoms with Crippen molar-refractivity contribution < 1.29 is 29.2 Å². The van der Waals surface area contributed by atoms with Crippen LogP contribution in [0.3, 0.4) is 0 Å². The molecule has 1 saturated heterocycles. The van der Waals surface area contributed by atoms with Crippen LogP contribution in [0, 0.1) is 35.5 Å². The van der Waals surface area contributed by atoms with Gasteiger partial charge >= 0.3 is 5.97 Å². The van der Waals surface area contributed by atoms with Gasteiger partial charge in [-0.3, -0.25) is 0 Å². The lowest BCUT2D eigenvalue weighted by Crippen LogP contribution is -2.42. The second-order valence-corrected chi connectivity index (χ2v) is 10.2. The fourth-order valence-corrected chi connectivity index (χ4v) is 5.48. The molecule has 8 atom stereocenters. The highest BCUT2D eigenvalue weighted by Crippen LogP contribution is 2.46. The molecule has 2 unspecified atom stereocenters. The summed E-state index contributed by atoms with van der Waals surface area (Å²) in [6.45, 7) is 11.0. The lowest BCUT2D eigenvalue weighted by atomic mass is 9.62. The van der Waals surface area contributed by atoms with Crippen molar-refractivity contribution in [3.05, 3.63) is 24.3 Å². The molecule has 1 aliphatic carbocycles. The Morgan fingerprint density at radius 2 is 1.59 bits per heavy atom.